The smallest absolute Gasteiger partial charge is 0.225 e. The highest BCUT2D eigenvalue weighted by Gasteiger charge is 2.26. The minimum Gasteiger partial charge on any atom is -0.369 e. The Hall–Kier alpha value is -2.28. The molecule has 1 aliphatic heterocycles. The lowest BCUT2D eigenvalue weighted by Gasteiger charge is -2.34. The summed E-state index contributed by atoms with van der Waals surface area (Å²) in [6.45, 7) is 6.37. The number of primary amides is 1. The molecule has 1 fully saturated rings. The maximum Gasteiger partial charge on any atom is 0.225 e. The van der Waals surface area contributed by atoms with Gasteiger partial charge in [0.15, 0.2) is 5.82 Å². The van der Waals surface area contributed by atoms with Crippen LogP contribution in [0.15, 0.2) is 24.3 Å². The van der Waals surface area contributed by atoms with Crippen molar-refractivity contribution in [1.82, 2.24) is 19.7 Å². The molecule has 1 aromatic carbocycles. The van der Waals surface area contributed by atoms with Gasteiger partial charge in [0.1, 0.15) is 11.6 Å². The topological polar surface area (TPSA) is 77.0 Å². The van der Waals surface area contributed by atoms with Gasteiger partial charge in [0, 0.05) is 0 Å². The van der Waals surface area contributed by atoms with Crippen molar-refractivity contribution in [1.29, 1.82) is 0 Å². The number of nitrogens with two attached hydrogens (primary N) is 1. The van der Waals surface area contributed by atoms with Crippen molar-refractivity contribution in [3.05, 3.63) is 41.7 Å². The minimum absolute atomic E-state index is 0.00898. The molecule has 2 N–H and O–H groups in total. The molecule has 3 rings (SSSR count). The minimum atomic E-state index is -0.470. The predicted molar refractivity (Wildman–Crippen MR) is 92.6 cm³/mol. The molecule has 2 aromatic rings. The van der Waals surface area contributed by atoms with Gasteiger partial charge in [0.25, 0.3) is 0 Å². The van der Waals surface area contributed by atoms with Crippen molar-refractivity contribution in [2.24, 2.45) is 11.7 Å². The summed E-state index contributed by atoms with van der Waals surface area (Å²) >= 11 is 0. The van der Waals surface area contributed by atoms with Crippen molar-refractivity contribution in [3.8, 4) is 5.69 Å². The number of halogens is 1. The number of rotatable bonds is 5. The molecule has 6 nitrogen and oxygen atoms in total. The summed E-state index contributed by atoms with van der Waals surface area (Å²) in [5, 5.41) is 4.44. The molecule has 0 bridgehead atoms. The lowest BCUT2D eigenvalue weighted by atomic mass is 9.98. The van der Waals surface area contributed by atoms with E-state index in [-0.39, 0.29) is 18.3 Å². The van der Waals surface area contributed by atoms with E-state index in [9.17, 15) is 9.18 Å². The molecule has 0 aliphatic carbocycles. The summed E-state index contributed by atoms with van der Waals surface area (Å²) in [6, 6.07) is 6.15. The van der Waals surface area contributed by atoms with E-state index in [4.69, 9.17) is 5.73 Å². The molecular formula is C18H24FN5O. The Labute approximate surface area is 146 Å². The normalized spacial score (nSPS) is 17.6. The Bertz CT molecular complexity index is 734. The summed E-state index contributed by atoms with van der Waals surface area (Å²) < 4.78 is 14.9. The van der Waals surface area contributed by atoms with E-state index in [1.54, 1.807) is 16.8 Å². The predicted octanol–water partition coefficient (Wildman–Crippen LogP) is 2.23. The van der Waals surface area contributed by atoms with Crippen LogP contribution in [-0.2, 0) is 11.2 Å². The molecule has 1 saturated heterocycles. The molecule has 0 spiro atoms. The van der Waals surface area contributed by atoms with Gasteiger partial charge in [-0.05, 0) is 63.0 Å². The lowest BCUT2D eigenvalue weighted by Crippen LogP contribution is -2.36. The third-order valence-corrected chi connectivity index (χ3v) is 4.82. The zero-order valence-corrected chi connectivity index (χ0v) is 14.7. The summed E-state index contributed by atoms with van der Waals surface area (Å²) in [4.78, 5) is 18.2. The van der Waals surface area contributed by atoms with E-state index in [1.807, 2.05) is 0 Å². The number of carbonyl (C=O) groups excluding carboxylic acids is 1. The summed E-state index contributed by atoms with van der Waals surface area (Å²) in [6.07, 6.45) is 2.30. The number of nitrogens with zero attached hydrogens (tertiary/aromatic N) is 4. The fourth-order valence-electron chi connectivity index (χ4n) is 3.22. The SMILES string of the molecule is CC1CCN(C(C)c2nc(CC(N)=O)nn2-c2ccc(F)cc2)CC1. The number of hydrogen-bond donors (Lipinski definition) is 1. The van der Waals surface area contributed by atoms with Crippen LogP contribution in [0, 0.1) is 11.7 Å². The van der Waals surface area contributed by atoms with Crippen LogP contribution < -0.4 is 5.73 Å². The molecule has 134 valence electrons. The average molecular weight is 345 g/mol. The largest absolute Gasteiger partial charge is 0.369 e. The van der Waals surface area contributed by atoms with Gasteiger partial charge in [-0.2, -0.15) is 5.10 Å². The molecule has 1 unspecified atom stereocenters. The fourth-order valence-corrected chi connectivity index (χ4v) is 3.22. The zero-order valence-electron chi connectivity index (χ0n) is 14.7. The first-order chi connectivity index (χ1) is 11.9. The molecule has 1 amide bonds. The van der Waals surface area contributed by atoms with Crippen LogP contribution in [0.25, 0.3) is 5.69 Å². The molecule has 1 aromatic heterocycles. The number of likely N-dealkylation sites (tertiary alicyclic amines) is 1. The van der Waals surface area contributed by atoms with E-state index in [2.05, 4.69) is 28.8 Å². The highest BCUT2D eigenvalue weighted by atomic mass is 19.1. The molecule has 7 heteroatoms. The molecule has 1 atom stereocenters. The second-order valence-corrected chi connectivity index (χ2v) is 6.81. The first-order valence-electron chi connectivity index (χ1n) is 8.68. The van der Waals surface area contributed by atoms with Crippen molar-refractivity contribution in [2.75, 3.05) is 13.1 Å². The van der Waals surface area contributed by atoms with E-state index >= 15 is 0 Å². The first kappa shape index (κ1) is 17.5. The number of benzene rings is 1. The maximum atomic E-state index is 13.3. The van der Waals surface area contributed by atoms with Crippen molar-refractivity contribution in [3.63, 3.8) is 0 Å². The second kappa shape index (κ2) is 7.31. The maximum absolute atomic E-state index is 13.3. The van der Waals surface area contributed by atoms with Crippen molar-refractivity contribution < 1.29 is 9.18 Å². The standard InChI is InChI=1S/C18H24FN5O/c1-12-7-9-23(10-8-12)13(2)18-21-17(11-16(20)25)22-24(18)15-5-3-14(19)4-6-15/h3-6,12-13H,7-11H2,1-2H3,(H2,20,25). The Morgan fingerprint density at radius 2 is 1.96 bits per heavy atom. The zero-order chi connectivity index (χ0) is 18.0. The number of hydrogen-bond acceptors (Lipinski definition) is 4. The van der Waals surface area contributed by atoms with Crippen LogP contribution >= 0.6 is 0 Å². The van der Waals surface area contributed by atoms with Gasteiger partial charge in [-0.25, -0.2) is 14.1 Å². The third kappa shape index (κ3) is 4.04. The summed E-state index contributed by atoms with van der Waals surface area (Å²) in [5.74, 6) is 1.11. The van der Waals surface area contributed by atoms with Gasteiger partial charge in [-0.3, -0.25) is 9.69 Å². The van der Waals surface area contributed by atoms with Crippen LogP contribution in [0.2, 0.25) is 0 Å². The monoisotopic (exact) mass is 345 g/mol. The molecule has 25 heavy (non-hydrogen) atoms. The van der Waals surface area contributed by atoms with Gasteiger partial charge in [0.2, 0.25) is 5.91 Å². The van der Waals surface area contributed by atoms with Crippen molar-refractivity contribution >= 4 is 5.91 Å². The Balaban J connectivity index is 1.94. The summed E-state index contributed by atoms with van der Waals surface area (Å²) in [7, 11) is 0. The molecule has 0 radical (unpaired) electrons. The third-order valence-electron chi connectivity index (χ3n) is 4.82. The van der Waals surface area contributed by atoms with Gasteiger partial charge in [0.05, 0.1) is 18.2 Å². The number of amides is 1. The Morgan fingerprint density at radius 1 is 1.32 bits per heavy atom. The van der Waals surface area contributed by atoms with Gasteiger partial charge < -0.3 is 5.73 Å². The van der Waals surface area contributed by atoms with E-state index in [1.165, 1.54) is 12.1 Å². The average Bonchev–Trinajstić information content (AvgIpc) is 2.98. The van der Waals surface area contributed by atoms with E-state index < -0.39 is 5.91 Å². The first-order valence-corrected chi connectivity index (χ1v) is 8.68. The molecule has 2 heterocycles. The number of carbonyl (C=O) groups is 1. The van der Waals surface area contributed by atoms with Gasteiger partial charge in [-0.15, -0.1) is 0 Å². The van der Waals surface area contributed by atoms with Crippen LogP contribution in [0.1, 0.15) is 44.4 Å². The number of piperidine rings is 1. The Kier molecular flexibility index (Phi) is 5.13. The quantitative estimate of drug-likeness (QED) is 0.901. The van der Waals surface area contributed by atoms with Crippen LogP contribution in [0.3, 0.4) is 0 Å². The lowest BCUT2D eigenvalue weighted by molar-refractivity contribution is -0.117. The van der Waals surface area contributed by atoms with E-state index in [0.29, 0.717) is 5.82 Å². The summed E-state index contributed by atoms with van der Waals surface area (Å²) in [5.41, 5.74) is 6.01. The highest BCUT2D eigenvalue weighted by Crippen LogP contribution is 2.27. The fraction of sp³-hybridized carbons (Fsp3) is 0.500. The Morgan fingerprint density at radius 3 is 2.56 bits per heavy atom. The van der Waals surface area contributed by atoms with Crippen LogP contribution in [-0.4, -0.2) is 38.7 Å². The van der Waals surface area contributed by atoms with Crippen LogP contribution in [0.4, 0.5) is 4.39 Å². The van der Waals surface area contributed by atoms with Crippen LogP contribution in [0.5, 0.6) is 0 Å². The molecule has 0 saturated carbocycles. The molecular weight excluding hydrogens is 321 g/mol. The second-order valence-electron chi connectivity index (χ2n) is 6.81. The van der Waals surface area contributed by atoms with Gasteiger partial charge in [-0.1, -0.05) is 6.92 Å². The highest BCUT2D eigenvalue weighted by molar-refractivity contribution is 5.75. The van der Waals surface area contributed by atoms with E-state index in [0.717, 1.165) is 43.4 Å². The number of aromatic nitrogens is 3. The van der Waals surface area contributed by atoms with Gasteiger partial charge >= 0.3 is 0 Å². The molecule has 1 aliphatic rings. The van der Waals surface area contributed by atoms with Crippen molar-refractivity contribution in [2.45, 2.75) is 39.2 Å².